The van der Waals surface area contributed by atoms with Crippen LogP contribution in [0.4, 0.5) is 14.8 Å². The number of anilines is 1. The number of carbonyl (C=O) groups is 1. The second kappa shape index (κ2) is 9.07. The van der Waals surface area contributed by atoms with Crippen LogP contribution in [0, 0.1) is 11.6 Å². The van der Waals surface area contributed by atoms with Crippen molar-refractivity contribution in [3.8, 4) is 11.4 Å². The molecule has 2 aliphatic rings. The zero-order chi connectivity index (χ0) is 22.8. The van der Waals surface area contributed by atoms with Gasteiger partial charge in [-0.1, -0.05) is 23.4 Å². The van der Waals surface area contributed by atoms with Gasteiger partial charge in [-0.3, -0.25) is 4.79 Å². The van der Waals surface area contributed by atoms with Gasteiger partial charge in [-0.25, -0.2) is 13.8 Å². The number of benzene rings is 2. The molecule has 0 aliphatic carbocycles. The number of rotatable bonds is 5. The highest BCUT2D eigenvalue weighted by Crippen LogP contribution is 2.24. The van der Waals surface area contributed by atoms with E-state index in [1.165, 1.54) is 17.1 Å². The average molecular weight is 453 g/mol. The summed E-state index contributed by atoms with van der Waals surface area (Å²) in [6.45, 7) is 2.81. The second-order valence-corrected chi connectivity index (χ2v) is 7.86. The molecule has 1 saturated heterocycles. The number of hydrogen-bond donors (Lipinski definition) is 0. The normalized spacial score (nSPS) is 16.8. The van der Waals surface area contributed by atoms with Gasteiger partial charge in [-0.15, -0.1) is 0 Å². The van der Waals surface area contributed by atoms with Crippen LogP contribution >= 0.6 is 0 Å². The van der Waals surface area contributed by atoms with Crippen LogP contribution in [0.25, 0.3) is 11.4 Å². The van der Waals surface area contributed by atoms with Crippen LogP contribution in [0.2, 0.25) is 0 Å². The van der Waals surface area contributed by atoms with Crippen molar-refractivity contribution in [3.05, 3.63) is 65.2 Å². The highest BCUT2D eigenvalue weighted by Gasteiger charge is 2.23. The van der Waals surface area contributed by atoms with Gasteiger partial charge in [0, 0.05) is 43.1 Å². The molecule has 0 atom stereocenters. The van der Waals surface area contributed by atoms with E-state index in [2.05, 4.69) is 15.2 Å². The van der Waals surface area contributed by atoms with Crippen molar-refractivity contribution in [2.75, 3.05) is 31.2 Å². The molecule has 1 aromatic heterocycles. The smallest absolute Gasteiger partial charge is 0.324 e. The van der Waals surface area contributed by atoms with Crippen LogP contribution in [0.15, 0.2) is 52.1 Å². The van der Waals surface area contributed by atoms with Crippen molar-refractivity contribution in [1.82, 2.24) is 15.1 Å². The molecule has 0 unspecified atom stereocenters. The number of carbonyl (C=O) groups excluding carboxylic acids is 1. The molecule has 0 N–H and O–H groups in total. The maximum Gasteiger partial charge on any atom is 0.324 e. The lowest BCUT2D eigenvalue weighted by Gasteiger charge is -2.24. The third-order valence-corrected chi connectivity index (χ3v) is 5.52. The van der Waals surface area contributed by atoms with E-state index < -0.39 is 11.6 Å². The molecular formula is C23H21F2N5O3. The quantitative estimate of drug-likeness (QED) is 0.589. The minimum absolute atomic E-state index is 0.157. The molecule has 3 aromatic rings. The first-order valence-corrected chi connectivity index (χ1v) is 10.7. The number of hydrogen-bond acceptors (Lipinski definition) is 7. The summed E-state index contributed by atoms with van der Waals surface area (Å²) in [5, 5.41) is 9.79. The first kappa shape index (κ1) is 21.2. The van der Waals surface area contributed by atoms with Gasteiger partial charge >= 0.3 is 6.01 Å². The van der Waals surface area contributed by atoms with E-state index in [-0.39, 0.29) is 18.9 Å². The van der Waals surface area contributed by atoms with Gasteiger partial charge in [-0.05, 0) is 23.8 Å². The molecule has 0 saturated carbocycles. The maximum absolute atomic E-state index is 13.6. The summed E-state index contributed by atoms with van der Waals surface area (Å²) >= 11 is 0. The molecule has 1 fully saturated rings. The number of amides is 1. The zero-order valence-corrected chi connectivity index (χ0v) is 17.7. The zero-order valence-electron chi connectivity index (χ0n) is 17.7. The predicted molar refractivity (Wildman–Crippen MR) is 115 cm³/mol. The van der Waals surface area contributed by atoms with E-state index in [1.807, 2.05) is 29.2 Å². The minimum Gasteiger partial charge on any atom is -0.378 e. The van der Waals surface area contributed by atoms with Gasteiger partial charge in [0.2, 0.25) is 11.7 Å². The van der Waals surface area contributed by atoms with Crippen molar-refractivity contribution >= 4 is 17.6 Å². The second-order valence-electron chi connectivity index (χ2n) is 7.86. The Balaban J connectivity index is 1.35. The third-order valence-electron chi connectivity index (χ3n) is 5.52. The largest absolute Gasteiger partial charge is 0.378 e. The molecule has 0 spiro atoms. The molecular weight excluding hydrogens is 432 g/mol. The summed E-state index contributed by atoms with van der Waals surface area (Å²) in [5.74, 6) is -1.07. The Kier molecular flexibility index (Phi) is 5.82. The Morgan fingerprint density at radius 3 is 2.55 bits per heavy atom. The van der Waals surface area contributed by atoms with Crippen LogP contribution in [0.1, 0.15) is 24.0 Å². The van der Waals surface area contributed by atoms with Gasteiger partial charge < -0.3 is 14.2 Å². The van der Waals surface area contributed by atoms with E-state index in [0.29, 0.717) is 55.8 Å². The fraction of sp³-hybridized carbons (Fsp3) is 0.304. The van der Waals surface area contributed by atoms with Crippen LogP contribution in [0.5, 0.6) is 0 Å². The van der Waals surface area contributed by atoms with Gasteiger partial charge in [0.25, 0.3) is 0 Å². The Morgan fingerprint density at radius 1 is 0.970 bits per heavy atom. The van der Waals surface area contributed by atoms with Crippen LogP contribution in [0.3, 0.4) is 0 Å². The fourth-order valence-electron chi connectivity index (χ4n) is 3.85. The van der Waals surface area contributed by atoms with E-state index >= 15 is 0 Å². The highest BCUT2D eigenvalue weighted by atomic mass is 19.1. The van der Waals surface area contributed by atoms with Crippen LogP contribution in [-0.4, -0.2) is 53.1 Å². The molecule has 8 nitrogen and oxygen atoms in total. The predicted octanol–water partition coefficient (Wildman–Crippen LogP) is 3.38. The molecule has 1 amide bonds. The van der Waals surface area contributed by atoms with E-state index in [0.717, 1.165) is 17.2 Å². The number of morpholine rings is 1. The molecule has 10 heteroatoms. The SMILES string of the molecule is O=C1CCC(c2cc(F)cc(F)c2)=NN1Cc1cccc(-c2noc(N3CCOCC3)n2)c1. The number of halogens is 2. The topological polar surface area (TPSA) is 84.1 Å². The summed E-state index contributed by atoms with van der Waals surface area (Å²) in [7, 11) is 0. The van der Waals surface area contributed by atoms with Crippen molar-refractivity contribution in [1.29, 1.82) is 0 Å². The summed E-state index contributed by atoms with van der Waals surface area (Å²) in [4.78, 5) is 18.9. The Labute approximate surface area is 188 Å². The Hall–Kier alpha value is -3.66. The van der Waals surface area contributed by atoms with E-state index in [9.17, 15) is 13.6 Å². The lowest BCUT2D eigenvalue weighted by Crippen LogP contribution is -2.36. The van der Waals surface area contributed by atoms with Crippen molar-refractivity contribution in [3.63, 3.8) is 0 Å². The number of nitrogens with zero attached hydrogens (tertiary/aromatic N) is 5. The summed E-state index contributed by atoms with van der Waals surface area (Å²) in [6.07, 6.45) is 0.538. The van der Waals surface area contributed by atoms with Gasteiger partial charge in [-0.2, -0.15) is 10.1 Å². The molecule has 3 heterocycles. The molecule has 0 bridgehead atoms. The molecule has 2 aromatic carbocycles. The summed E-state index contributed by atoms with van der Waals surface area (Å²) in [5.41, 5.74) is 2.37. The van der Waals surface area contributed by atoms with Crippen molar-refractivity contribution in [2.24, 2.45) is 5.10 Å². The number of aromatic nitrogens is 2. The lowest BCUT2D eigenvalue weighted by molar-refractivity contribution is -0.132. The van der Waals surface area contributed by atoms with Gasteiger partial charge in [0.05, 0.1) is 25.5 Å². The van der Waals surface area contributed by atoms with Crippen molar-refractivity contribution in [2.45, 2.75) is 19.4 Å². The van der Waals surface area contributed by atoms with Crippen molar-refractivity contribution < 1.29 is 22.8 Å². The molecule has 33 heavy (non-hydrogen) atoms. The van der Waals surface area contributed by atoms with Gasteiger partial charge in [0.1, 0.15) is 11.6 Å². The summed E-state index contributed by atoms with van der Waals surface area (Å²) < 4.78 is 38.0. The van der Waals surface area contributed by atoms with E-state index in [4.69, 9.17) is 9.26 Å². The minimum atomic E-state index is -0.680. The number of ether oxygens (including phenoxy) is 1. The Morgan fingerprint density at radius 2 is 1.76 bits per heavy atom. The monoisotopic (exact) mass is 453 g/mol. The third kappa shape index (κ3) is 4.75. The average Bonchev–Trinajstić information content (AvgIpc) is 3.31. The first-order chi connectivity index (χ1) is 16.0. The lowest BCUT2D eigenvalue weighted by atomic mass is 10.0. The maximum atomic E-state index is 13.6. The fourth-order valence-corrected chi connectivity index (χ4v) is 3.85. The molecule has 2 aliphatic heterocycles. The molecule has 0 radical (unpaired) electrons. The Bertz CT molecular complexity index is 1190. The number of hydrazone groups is 1. The molecule has 5 rings (SSSR count). The molecule has 170 valence electrons. The highest BCUT2D eigenvalue weighted by molar-refractivity contribution is 6.04. The standard InChI is InChI=1S/C23H21F2N5O3/c24-18-11-17(12-19(25)13-18)20-4-5-21(31)30(27-20)14-15-2-1-3-16(10-15)22-26-23(33-28-22)29-6-8-32-9-7-29/h1-3,10-13H,4-9,14H2. The van der Waals surface area contributed by atoms with E-state index in [1.54, 1.807) is 0 Å². The van der Waals surface area contributed by atoms with Crippen LogP contribution < -0.4 is 4.90 Å². The first-order valence-electron chi connectivity index (χ1n) is 10.7. The summed E-state index contributed by atoms with van der Waals surface area (Å²) in [6, 6.07) is 11.1. The van der Waals surface area contributed by atoms with Crippen LogP contribution in [-0.2, 0) is 16.1 Å². The van der Waals surface area contributed by atoms with Gasteiger partial charge in [0.15, 0.2) is 0 Å².